The molecule has 3 heteroatoms. The number of likely N-dealkylation sites (N-methyl/N-ethyl adjacent to an activating group) is 1. The molecule has 1 aliphatic carbocycles. The van der Waals surface area contributed by atoms with Gasteiger partial charge in [-0.15, -0.1) is 0 Å². The van der Waals surface area contributed by atoms with E-state index < -0.39 is 0 Å². The van der Waals surface area contributed by atoms with Crippen LogP contribution in [0, 0.1) is 0 Å². The molecule has 0 saturated heterocycles. The molecule has 0 bridgehead atoms. The quantitative estimate of drug-likeness (QED) is 0.820. The summed E-state index contributed by atoms with van der Waals surface area (Å²) in [6.45, 7) is 5.46. The molecule has 0 radical (unpaired) electrons. The molecule has 2 unspecified atom stereocenters. The molecule has 0 amide bonds. The fourth-order valence-corrected chi connectivity index (χ4v) is 3.94. The Balaban J connectivity index is 2.31. The van der Waals surface area contributed by atoms with Crippen molar-refractivity contribution in [2.75, 3.05) is 6.54 Å². The van der Waals surface area contributed by atoms with Gasteiger partial charge in [0.25, 0.3) is 0 Å². The van der Waals surface area contributed by atoms with Gasteiger partial charge in [-0.2, -0.15) is 0 Å². The lowest BCUT2D eigenvalue weighted by molar-refractivity contribution is 0.0932. The second-order valence-electron chi connectivity index (χ2n) is 6.16. The van der Waals surface area contributed by atoms with E-state index in [0.29, 0.717) is 6.04 Å². The molecule has 1 aromatic carbocycles. The van der Waals surface area contributed by atoms with E-state index in [1.54, 1.807) is 0 Å². The highest BCUT2D eigenvalue weighted by molar-refractivity contribution is 6.31. The monoisotopic (exact) mass is 308 g/mol. The molecular weight excluding hydrogens is 280 g/mol. The molecule has 2 N–H and O–H groups in total. The smallest absolute Gasteiger partial charge is 0.0516 e. The predicted molar refractivity (Wildman–Crippen MR) is 91.7 cm³/mol. The zero-order chi connectivity index (χ0) is 15.2. The van der Waals surface area contributed by atoms with Gasteiger partial charge < -0.3 is 5.73 Å². The predicted octanol–water partition coefficient (Wildman–Crippen LogP) is 4.77. The van der Waals surface area contributed by atoms with Crippen molar-refractivity contribution in [3.63, 3.8) is 0 Å². The van der Waals surface area contributed by atoms with E-state index in [1.165, 1.54) is 37.7 Å². The Morgan fingerprint density at radius 2 is 1.86 bits per heavy atom. The van der Waals surface area contributed by atoms with Crippen LogP contribution < -0.4 is 5.73 Å². The van der Waals surface area contributed by atoms with Crippen LogP contribution >= 0.6 is 11.6 Å². The van der Waals surface area contributed by atoms with E-state index >= 15 is 0 Å². The third-order valence-corrected chi connectivity index (χ3v) is 5.21. The summed E-state index contributed by atoms with van der Waals surface area (Å²) >= 11 is 6.48. The minimum absolute atomic E-state index is 0.131. The highest BCUT2D eigenvalue weighted by Gasteiger charge is 2.31. The van der Waals surface area contributed by atoms with Gasteiger partial charge >= 0.3 is 0 Å². The molecule has 2 rings (SSSR count). The van der Waals surface area contributed by atoms with Crippen LogP contribution in [-0.4, -0.2) is 23.5 Å². The first-order chi connectivity index (χ1) is 10.2. The molecule has 1 aromatic rings. The summed E-state index contributed by atoms with van der Waals surface area (Å²) in [5.74, 6) is 0. The van der Waals surface area contributed by atoms with Crippen LogP contribution in [-0.2, 0) is 0 Å². The van der Waals surface area contributed by atoms with Crippen LogP contribution in [0.1, 0.15) is 64.0 Å². The van der Waals surface area contributed by atoms with E-state index in [9.17, 15) is 0 Å². The number of benzene rings is 1. The van der Waals surface area contributed by atoms with Gasteiger partial charge in [0.15, 0.2) is 0 Å². The second-order valence-corrected chi connectivity index (χ2v) is 6.57. The fourth-order valence-electron chi connectivity index (χ4n) is 3.69. The van der Waals surface area contributed by atoms with Crippen LogP contribution in [0.3, 0.4) is 0 Å². The Labute approximate surface area is 134 Å². The molecule has 1 aliphatic rings. The molecule has 0 spiro atoms. The first-order valence-corrected chi connectivity index (χ1v) is 8.82. The van der Waals surface area contributed by atoms with E-state index in [0.717, 1.165) is 18.0 Å². The Morgan fingerprint density at radius 3 is 2.43 bits per heavy atom. The number of halogens is 1. The summed E-state index contributed by atoms with van der Waals surface area (Å²) in [5.41, 5.74) is 7.70. The normalized spacial score (nSPS) is 19.7. The summed E-state index contributed by atoms with van der Waals surface area (Å²) in [6.07, 6.45) is 7.63. The Kier molecular flexibility index (Phi) is 6.53. The van der Waals surface area contributed by atoms with Crippen LogP contribution in [0.25, 0.3) is 0 Å². The summed E-state index contributed by atoms with van der Waals surface area (Å²) in [6, 6.07) is 9.23. The average Bonchev–Trinajstić information content (AvgIpc) is 2.53. The van der Waals surface area contributed by atoms with E-state index in [2.05, 4.69) is 30.9 Å². The first kappa shape index (κ1) is 16.8. The molecule has 2 atom stereocenters. The zero-order valence-corrected chi connectivity index (χ0v) is 14.1. The van der Waals surface area contributed by atoms with Gasteiger partial charge in [0.1, 0.15) is 0 Å². The van der Waals surface area contributed by atoms with Gasteiger partial charge in [-0.3, -0.25) is 4.90 Å². The van der Waals surface area contributed by atoms with Gasteiger partial charge in [-0.1, -0.05) is 62.9 Å². The van der Waals surface area contributed by atoms with Gasteiger partial charge in [0, 0.05) is 17.1 Å². The van der Waals surface area contributed by atoms with Crippen molar-refractivity contribution in [1.29, 1.82) is 0 Å². The molecule has 1 fully saturated rings. The lowest BCUT2D eigenvalue weighted by atomic mass is 9.89. The van der Waals surface area contributed by atoms with Crippen LogP contribution in [0.2, 0.25) is 5.02 Å². The van der Waals surface area contributed by atoms with Gasteiger partial charge in [0.05, 0.1) is 6.04 Å². The maximum atomic E-state index is 6.50. The van der Waals surface area contributed by atoms with Crippen molar-refractivity contribution >= 4 is 11.6 Å². The summed E-state index contributed by atoms with van der Waals surface area (Å²) in [5, 5.41) is 0.848. The van der Waals surface area contributed by atoms with Crippen molar-refractivity contribution in [1.82, 2.24) is 4.90 Å². The molecule has 1 saturated carbocycles. The first-order valence-electron chi connectivity index (χ1n) is 8.44. The highest BCUT2D eigenvalue weighted by atomic mass is 35.5. The molecule has 0 aliphatic heterocycles. The maximum absolute atomic E-state index is 6.50. The maximum Gasteiger partial charge on any atom is 0.0516 e. The summed E-state index contributed by atoms with van der Waals surface area (Å²) in [7, 11) is 0. The van der Waals surface area contributed by atoms with E-state index in [1.807, 2.05) is 12.1 Å². The third kappa shape index (κ3) is 4.00. The lowest BCUT2D eigenvalue weighted by Crippen LogP contribution is -2.46. The van der Waals surface area contributed by atoms with Gasteiger partial charge in [-0.25, -0.2) is 0 Å². The number of nitrogens with two attached hydrogens (primary N) is 1. The minimum Gasteiger partial charge on any atom is -0.326 e. The highest BCUT2D eigenvalue weighted by Crippen LogP contribution is 2.35. The van der Waals surface area contributed by atoms with Crippen LogP contribution in [0.15, 0.2) is 24.3 Å². The van der Waals surface area contributed by atoms with Crippen molar-refractivity contribution < 1.29 is 0 Å². The third-order valence-electron chi connectivity index (χ3n) is 4.87. The SMILES string of the molecule is CCC(N)C(c1ccccc1Cl)N(CC)C1CCCCC1. The average molecular weight is 309 g/mol. The van der Waals surface area contributed by atoms with Crippen molar-refractivity contribution in [3.05, 3.63) is 34.9 Å². The molecule has 0 aromatic heterocycles. The summed E-state index contributed by atoms with van der Waals surface area (Å²) in [4.78, 5) is 2.61. The van der Waals surface area contributed by atoms with Crippen LogP contribution in [0.4, 0.5) is 0 Å². The van der Waals surface area contributed by atoms with E-state index in [4.69, 9.17) is 17.3 Å². The number of rotatable bonds is 6. The van der Waals surface area contributed by atoms with Crippen molar-refractivity contribution in [2.45, 2.75) is 70.5 Å². The van der Waals surface area contributed by atoms with Crippen molar-refractivity contribution in [2.24, 2.45) is 5.73 Å². The zero-order valence-electron chi connectivity index (χ0n) is 13.4. The Morgan fingerprint density at radius 1 is 1.19 bits per heavy atom. The standard InChI is InChI=1S/C18H29ClN2/c1-3-17(20)18(15-12-8-9-13-16(15)19)21(4-2)14-10-6-5-7-11-14/h8-9,12-14,17-18H,3-7,10-11,20H2,1-2H3. The van der Waals surface area contributed by atoms with Crippen LogP contribution in [0.5, 0.6) is 0 Å². The molecular formula is C18H29ClN2. The summed E-state index contributed by atoms with van der Waals surface area (Å²) < 4.78 is 0. The largest absolute Gasteiger partial charge is 0.326 e. The lowest BCUT2D eigenvalue weighted by Gasteiger charge is -2.42. The molecule has 0 heterocycles. The Bertz CT molecular complexity index is 429. The molecule has 21 heavy (non-hydrogen) atoms. The minimum atomic E-state index is 0.131. The number of hydrogen-bond donors (Lipinski definition) is 1. The van der Waals surface area contributed by atoms with Crippen molar-refractivity contribution in [3.8, 4) is 0 Å². The topological polar surface area (TPSA) is 29.3 Å². The van der Waals surface area contributed by atoms with Gasteiger partial charge in [-0.05, 0) is 37.4 Å². The second kappa shape index (κ2) is 8.17. The Hall–Kier alpha value is -0.570. The fraction of sp³-hybridized carbons (Fsp3) is 0.667. The number of hydrogen-bond acceptors (Lipinski definition) is 2. The number of nitrogens with zero attached hydrogens (tertiary/aromatic N) is 1. The van der Waals surface area contributed by atoms with E-state index in [-0.39, 0.29) is 12.1 Å². The molecule has 2 nitrogen and oxygen atoms in total. The molecule has 118 valence electrons. The van der Waals surface area contributed by atoms with Gasteiger partial charge in [0.2, 0.25) is 0 Å².